The Kier molecular flexibility index (Phi) is 4.04. The van der Waals surface area contributed by atoms with E-state index in [0.29, 0.717) is 4.64 Å². The van der Waals surface area contributed by atoms with Crippen LogP contribution in [0, 0.1) is 4.64 Å². The van der Waals surface area contributed by atoms with Crippen LogP contribution < -0.4 is 0 Å². The van der Waals surface area contributed by atoms with Crippen molar-refractivity contribution in [2.75, 3.05) is 0 Å². The summed E-state index contributed by atoms with van der Waals surface area (Å²) in [5.41, 5.74) is 0. The number of pyridine rings is 1. The molecule has 9 heavy (non-hydrogen) atoms. The molecule has 0 aliphatic rings. The van der Waals surface area contributed by atoms with Gasteiger partial charge in [-0.1, -0.05) is 18.3 Å². The second kappa shape index (κ2) is 4.00. The first-order chi connectivity index (χ1) is 3.80. The molecule has 0 aliphatic carbocycles. The van der Waals surface area contributed by atoms with Crippen molar-refractivity contribution in [3.05, 3.63) is 29.0 Å². The molecule has 0 spiro atoms. The molecule has 1 aromatic rings. The Hall–Kier alpha value is 0.0921. The number of aromatic nitrogens is 1. The van der Waals surface area contributed by atoms with Gasteiger partial charge < -0.3 is 5.21 Å². The summed E-state index contributed by atoms with van der Waals surface area (Å²) in [6.07, 6.45) is 1.49. The molecule has 1 N–H and O–H groups in total. The molecule has 4 heteroatoms. The average Bonchev–Trinajstić information content (AvgIpc) is 1.77. The zero-order valence-corrected chi connectivity index (χ0v) is 9.67. The Labute approximate surface area is 78.3 Å². The van der Waals surface area contributed by atoms with Gasteiger partial charge in [-0.15, -0.1) is 0 Å². The summed E-state index contributed by atoms with van der Waals surface area (Å²) >= 11 is 4.67. The number of rotatable bonds is 0. The predicted octanol–water partition coefficient (Wildman–Crippen LogP) is 1.45. The third kappa shape index (κ3) is 2.44. The normalized spacial score (nSPS) is 8.00. The van der Waals surface area contributed by atoms with Gasteiger partial charge in [0.05, 0.1) is 0 Å². The van der Waals surface area contributed by atoms with Gasteiger partial charge in [0.2, 0.25) is 0 Å². The number of nitrogens with zero attached hydrogens (tertiary/aromatic N) is 1. The quantitative estimate of drug-likeness (QED) is 0.421. The molecule has 0 atom stereocenters. The maximum absolute atomic E-state index is 8.73. The third-order valence-electron chi connectivity index (χ3n) is 0.803. The summed E-state index contributed by atoms with van der Waals surface area (Å²) in [6, 6.07) is 5.13. The average molecular weight is 240 g/mol. The van der Waals surface area contributed by atoms with Gasteiger partial charge in [-0.3, -0.25) is 0 Å². The van der Waals surface area contributed by atoms with E-state index >= 15 is 0 Å². The van der Waals surface area contributed by atoms with E-state index in [2.05, 4.69) is 12.2 Å². The molecule has 0 fully saturated rings. The Bertz CT molecular complexity index is 234. The summed E-state index contributed by atoms with van der Waals surface area (Å²) in [5.74, 6) is 0. The van der Waals surface area contributed by atoms with Gasteiger partial charge in [0.1, 0.15) is 4.64 Å². The van der Waals surface area contributed by atoms with Crippen LogP contribution in [0.15, 0.2) is 24.4 Å². The standard InChI is InChI=1S/C5H5NOS.Cd/c7-6-4-2-1-3-5(6)8;/h1-4,7H;. The second-order valence-electron chi connectivity index (χ2n) is 1.38. The Balaban J connectivity index is 0.000000640. The molecule has 0 saturated carbocycles. The fourth-order valence-electron chi connectivity index (χ4n) is 0.419. The van der Waals surface area contributed by atoms with E-state index in [-0.39, 0.29) is 27.3 Å². The van der Waals surface area contributed by atoms with Crippen LogP contribution in [-0.2, 0) is 27.3 Å². The Morgan fingerprint density at radius 1 is 1.44 bits per heavy atom. The van der Waals surface area contributed by atoms with Crippen LogP contribution in [0.25, 0.3) is 0 Å². The fourth-order valence-corrected chi connectivity index (χ4v) is 0.558. The van der Waals surface area contributed by atoms with Crippen LogP contribution in [0.4, 0.5) is 0 Å². The fraction of sp³-hybridized carbons (Fsp3) is 0. The summed E-state index contributed by atoms with van der Waals surface area (Å²) in [4.78, 5) is 0. The first-order valence-electron chi connectivity index (χ1n) is 2.17. The first kappa shape index (κ1) is 9.09. The minimum Gasteiger partial charge on any atom is -0.428 e. The molecule has 0 aromatic carbocycles. The van der Waals surface area contributed by atoms with Crippen molar-refractivity contribution in [3.8, 4) is 0 Å². The van der Waals surface area contributed by atoms with E-state index < -0.39 is 0 Å². The van der Waals surface area contributed by atoms with Crippen molar-refractivity contribution in [3.63, 3.8) is 0 Å². The summed E-state index contributed by atoms with van der Waals surface area (Å²) in [5, 5.41) is 8.73. The van der Waals surface area contributed by atoms with Gasteiger partial charge in [0.15, 0.2) is 0 Å². The zero-order chi connectivity index (χ0) is 5.98. The molecule has 0 amide bonds. The van der Waals surface area contributed by atoms with Crippen LogP contribution in [0.5, 0.6) is 0 Å². The van der Waals surface area contributed by atoms with Gasteiger partial charge in [-0.2, -0.15) is 4.73 Å². The zero-order valence-electron chi connectivity index (χ0n) is 4.82. The summed E-state index contributed by atoms with van der Waals surface area (Å²) in [6.45, 7) is 0. The molecule has 0 bridgehead atoms. The minimum absolute atomic E-state index is 0. The van der Waals surface area contributed by atoms with E-state index in [1.165, 1.54) is 6.20 Å². The molecule has 0 radical (unpaired) electrons. The first-order valence-corrected chi connectivity index (χ1v) is 2.58. The van der Waals surface area contributed by atoms with Gasteiger partial charge in [0.25, 0.3) is 0 Å². The van der Waals surface area contributed by atoms with Crippen molar-refractivity contribution in [1.29, 1.82) is 0 Å². The van der Waals surface area contributed by atoms with E-state index in [0.717, 1.165) is 4.73 Å². The molecule has 0 unspecified atom stereocenters. The van der Waals surface area contributed by atoms with Crippen LogP contribution in [0.2, 0.25) is 0 Å². The molecule has 44 valence electrons. The van der Waals surface area contributed by atoms with Gasteiger partial charge in [-0.05, 0) is 12.1 Å². The topological polar surface area (TPSA) is 25.2 Å². The van der Waals surface area contributed by atoms with Gasteiger partial charge in [-0.25, -0.2) is 0 Å². The molecule has 1 aromatic heterocycles. The van der Waals surface area contributed by atoms with Crippen molar-refractivity contribution in [1.82, 2.24) is 4.73 Å². The van der Waals surface area contributed by atoms with Crippen LogP contribution in [0.3, 0.4) is 0 Å². The Morgan fingerprint density at radius 2 is 2.11 bits per heavy atom. The Morgan fingerprint density at radius 3 is 2.44 bits per heavy atom. The second-order valence-corrected chi connectivity index (χ2v) is 1.80. The smallest absolute Gasteiger partial charge is 0.142 e. The van der Waals surface area contributed by atoms with Crippen molar-refractivity contribution in [2.45, 2.75) is 0 Å². The van der Waals surface area contributed by atoms with Gasteiger partial charge >= 0.3 is 0 Å². The molecule has 2 nitrogen and oxygen atoms in total. The summed E-state index contributed by atoms with van der Waals surface area (Å²) in [7, 11) is 0. The molecule has 1 rings (SSSR count). The van der Waals surface area contributed by atoms with E-state index in [1.807, 2.05) is 0 Å². The monoisotopic (exact) mass is 241 g/mol. The minimum atomic E-state index is 0. The molecular formula is C5H5CdNOS. The molecular weight excluding hydrogens is 235 g/mol. The maximum atomic E-state index is 8.73. The maximum Gasteiger partial charge on any atom is 0.142 e. The number of hydrogen-bond donors (Lipinski definition) is 1. The summed E-state index contributed by atoms with van der Waals surface area (Å²) < 4.78 is 1.32. The largest absolute Gasteiger partial charge is 0.428 e. The van der Waals surface area contributed by atoms with Gasteiger partial charge in [0, 0.05) is 33.5 Å². The van der Waals surface area contributed by atoms with Crippen molar-refractivity contribution >= 4 is 12.2 Å². The van der Waals surface area contributed by atoms with E-state index in [9.17, 15) is 0 Å². The number of hydrogen-bond acceptors (Lipinski definition) is 2. The van der Waals surface area contributed by atoms with Crippen LogP contribution in [0.1, 0.15) is 0 Å². The SMILES string of the molecule is On1ccccc1=S.[Cd]. The predicted molar refractivity (Wildman–Crippen MR) is 32.5 cm³/mol. The molecule has 1 heterocycles. The van der Waals surface area contributed by atoms with Crippen LogP contribution in [-0.4, -0.2) is 9.94 Å². The molecule has 0 aliphatic heterocycles. The van der Waals surface area contributed by atoms with Crippen molar-refractivity contribution in [2.24, 2.45) is 0 Å². The molecule has 0 saturated heterocycles. The van der Waals surface area contributed by atoms with E-state index in [1.54, 1.807) is 18.2 Å². The van der Waals surface area contributed by atoms with Crippen molar-refractivity contribution < 1.29 is 32.5 Å². The van der Waals surface area contributed by atoms with E-state index in [4.69, 9.17) is 5.21 Å². The van der Waals surface area contributed by atoms with Crippen LogP contribution >= 0.6 is 12.2 Å². The third-order valence-corrected chi connectivity index (χ3v) is 1.13.